The van der Waals surface area contributed by atoms with Crippen LogP contribution in [0.3, 0.4) is 0 Å². The average molecular weight is 250 g/mol. The van der Waals surface area contributed by atoms with Crippen LogP contribution in [0.15, 0.2) is 42.6 Å². The molecule has 96 valence electrons. The Morgan fingerprint density at radius 3 is 2.42 bits per heavy atom. The summed E-state index contributed by atoms with van der Waals surface area (Å²) in [4.78, 5) is 4.50. The van der Waals surface area contributed by atoms with Crippen LogP contribution >= 0.6 is 0 Å². The number of rotatable bonds is 5. The van der Waals surface area contributed by atoms with E-state index >= 15 is 0 Å². The molecule has 2 nitrogen and oxygen atoms in total. The maximum atomic E-state index is 8.77. The van der Waals surface area contributed by atoms with Crippen LogP contribution in [0.5, 0.6) is 0 Å². The summed E-state index contributed by atoms with van der Waals surface area (Å²) in [6, 6.07) is 13.9. The first kappa shape index (κ1) is 13.3. The van der Waals surface area contributed by atoms with E-state index in [0.717, 1.165) is 17.7 Å². The van der Waals surface area contributed by atoms with Gasteiger partial charge in [0.05, 0.1) is 17.3 Å². The Balaban J connectivity index is 2.07. The van der Waals surface area contributed by atoms with Crippen molar-refractivity contribution in [3.05, 3.63) is 53.7 Å². The van der Waals surface area contributed by atoms with Gasteiger partial charge in [-0.25, -0.2) is 0 Å². The Morgan fingerprint density at radius 1 is 1.05 bits per heavy atom. The molecule has 0 fully saturated rings. The van der Waals surface area contributed by atoms with Crippen molar-refractivity contribution in [3.63, 3.8) is 0 Å². The van der Waals surface area contributed by atoms with Crippen molar-refractivity contribution in [2.75, 3.05) is 0 Å². The van der Waals surface area contributed by atoms with Crippen LogP contribution in [0, 0.1) is 11.3 Å². The first-order chi connectivity index (χ1) is 9.33. The summed E-state index contributed by atoms with van der Waals surface area (Å²) in [6.07, 6.45) is 6.82. The zero-order valence-electron chi connectivity index (χ0n) is 11.3. The lowest BCUT2D eigenvalue weighted by Gasteiger charge is -2.03. The highest BCUT2D eigenvalue weighted by atomic mass is 14.7. The smallest absolute Gasteiger partial charge is 0.0991 e. The third kappa shape index (κ3) is 3.66. The molecular formula is C17H18N2. The summed E-state index contributed by atoms with van der Waals surface area (Å²) in [6.45, 7) is 2.21. The Morgan fingerprint density at radius 2 is 1.84 bits per heavy atom. The SMILES string of the molecule is CCCCCc1ccc(-c2ccc(C#N)cc2)nc1. The van der Waals surface area contributed by atoms with E-state index in [1.54, 1.807) is 0 Å². The van der Waals surface area contributed by atoms with Gasteiger partial charge >= 0.3 is 0 Å². The number of hydrogen-bond acceptors (Lipinski definition) is 2. The minimum absolute atomic E-state index is 0.680. The van der Waals surface area contributed by atoms with E-state index in [1.807, 2.05) is 30.5 Å². The number of aromatic nitrogens is 1. The number of aryl methyl sites for hydroxylation is 1. The number of nitriles is 1. The van der Waals surface area contributed by atoms with Gasteiger partial charge in [-0.3, -0.25) is 4.98 Å². The van der Waals surface area contributed by atoms with Gasteiger partial charge in [0.15, 0.2) is 0 Å². The number of nitrogens with zero attached hydrogens (tertiary/aromatic N) is 2. The lowest BCUT2D eigenvalue weighted by atomic mass is 10.1. The predicted octanol–water partition coefficient (Wildman–Crippen LogP) is 4.35. The molecule has 0 aliphatic heterocycles. The van der Waals surface area contributed by atoms with Gasteiger partial charge in [0.1, 0.15) is 0 Å². The highest BCUT2D eigenvalue weighted by molar-refractivity contribution is 5.60. The van der Waals surface area contributed by atoms with E-state index in [0.29, 0.717) is 5.56 Å². The highest BCUT2D eigenvalue weighted by Gasteiger charge is 2.00. The zero-order valence-corrected chi connectivity index (χ0v) is 11.3. The van der Waals surface area contributed by atoms with Gasteiger partial charge < -0.3 is 0 Å². The normalized spacial score (nSPS) is 10.1. The molecule has 1 aromatic heterocycles. The lowest BCUT2D eigenvalue weighted by molar-refractivity contribution is 0.716. The van der Waals surface area contributed by atoms with E-state index in [-0.39, 0.29) is 0 Å². The summed E-state index contributed by atoms with van der Waals surface area (Å²) in [5.41, 5.74) is 3.99. The fourth-order valence-corrected chi connectivity index (χ4v) is 2.04. The molecule has 0 saturated heterocycles. The van der Waals surface area contributed by atoms with Gasteiger partial charge in [0, 0.05) is 11.8 Å². The van der Waals surface area contributed by atoms with Gasteiger partial charge in [0.25, 0.3) is 0 Å². The van der Waals surface area contributed by atoms with Crippen LogP contribution in [0.25, 0.3) is 11.3 Å². The first-order valence-electron chi connectivity index (χ1n) is 6.79. The summed E-state index contributed by atoms with van der Waals surface area (Å²) in [7, 11) is 0. The van der Waals surface area contributed by atoms with Crippen molar-refractivity contribution in [1.82, 2.24) is 4.98 Å². The van der Waals surface area contributed by atoms with E-state index in [9.17, 15) is 0 Å². The van der Waals surface area contributed by atoms with Gasteiger partial charge in [0.2, 0.25) is 0 Å². The van der Waals surface area contributed by atoms with Crippen molar-refractivity contribution in [1.29, 1.82) is 5.26 Å². The first-order valence-corrected chi connectivity index (χ1v) is 6.79. The summed E-state index contributed by atoms with van der Waals surface area (Å²) < 4.78 is 0. The second kappa shape index (κ2) is 6.70. The largest absolute Gasteiger partial charge is 0.256 e. The quantitative estimate of drug-likeness (QED) is 0.739. The monoisotopic (exact) mass is 250 g/mol. The van der Waals surface area contributed by atoms with Crippen LogP contribution in [0.2, 0.25) is 0 Å². The van der Waals surface area contributed by atoms with Crippen molar-refractivity contribution in [2.45, 2.75) is 32.6 Å². The molecule has 0 N–H and O–H groups in total. The molecule has 0 atom stereocenters. The van der Waals surface area contributed by atoms with Gasteiger partial charge in [-0.05, 0) is 36.6 Å². The molecule has 1 heterocycles. The van der Waals surface area contributed by atoms with Gasteiger partial charge in [-0.2, -0.15) is 5.26 Å². The third-order valence-corrected chi connectivity index (χ3v) is 3.20. The third-order valence-electron chi connectivity index (χ3n) is 3.20. The van der Waals surface area contributed by atoms with Crippen LogP contribution in [0.4, 0.5) is 0 Å². The molecule has 0 bridgehead atoms. The maximum Gasteiger partial charge on any atom is 0.0991 e. The fraction of sp³-hybridized carbons (Fsp3) is 0.294. The van der Waals surface area contributed by atoms with Crippen LogP contribution in [-0.2, 0) is 6.42 Å². The molecule has 0 amide bonds. The molecular weight excluding hydrogens is 232 g/mol. The topological polar surface area (TPSA) is 36.7 Å². The molecule has 2 aromatic rings. The number of unbranched alkanes of at least 4 members (excludes halogenated alkanes) is 2. The van der Waals surface area contributed by atoms with Crippen LogP contribution in [-0.4, -0.2) is 4.98 Å². The molecule has 0 aliphatic carbocycles. The molecule has 0 unspecified atom stereocenters. The molecule has 0 radical (unpaired) electrons. The highest BCUT2D eigenvalue weighted by Crippen LogP contribution is 2.18. The zero-order chi connectivity index (χ0) is 13.5. The van der Waals surface area contributed by atoms with E-state index in [4.69, 9.17) is 5.26 Å². The van der Waals surface area contributed by atoms with Crippen molar-refractivity contribution >= 4 is 0 Å². The number of pyridine rings is 1. The Bertz CT molecular complexity index is 547. The Labute approximate surface area is 114 Å². The van der Waals surface area contributed by atoms with Gasteiger partial charge in [-0.15, -0.1) is 0 Å². The number of benzene rings is 1. The molecule has 0 spiro atoms. The minimum Gasteiger partial charge on any atom is -0.256 e. The Hall–Kier alpha value is -2.14. The molecule has 2 rings (SSSR count). The van der Waals surface area contributed by atoms with Crippen molar-refractivity contribution in [2.24, 2.45) is 0 Å². The Kier molecular flexibility index (Phi) is 4.69. The fourth-order valence-electron chi connectivity index (χ4n) is 2.04. The summed E-state index contributed by atoms with van der Waals surface area (Å²) >= 11 is 0. The summed E-state index contributed by atoms with van der Waals surface area (Å²) in [5, 5.41) is 8.77. The maximum absolute atomic E-state index is 8.77. The number of hydrogen-bond donors (Lipinski definition) is 0. The molecule has 1 aromatic carbocycles. The second-order valence-electron chi connectivity index (χ2n) is 4.70. The van der Waals surface area contributed by atoms with Gasteiger partial charge in [-0.1, -0.05) is 38.0 Å². The second-order valence-corrected chi connectivity index (χ2v) is 4.70. The van der Waals surface area contributed by atoms with E-state index in [2.05, 4.69) is 30.1 Å². The molecule has 19 heavy (non-hydrogen) atoms. The molecule has 0 saturated carbocycles. The molecule has 2 heteroatoms. The van der Waals surface area contributed by atoms with Crippen LogP contribution in [0.1, 0.15) is 37.3 Å². The van der Waals surface area contributed by atoms with E-state index in [1.165, 1.54) is 24.8 Å². The van der Waals surface area contributed by atoms with Crippen molar-refractivity contribution in [3.8, 4) is 17.3 Å². The molecule has 0 aliphatic rings. The summed E-state index contributed by atoms with van der Waals surface area (Å²) in [5.74, 6) is 0. The predicted molar refractivity (Wildman–Crippen MR) is 77.6 cm³/mol. The van der Waals surface area contributed by atoms with Crippen LogP contribution < -0.4 is 0 Å². The van der Waals surface area contributed by atoms with Crippen molar-refractivity contribution < 1.29 is 0 Å². The average Bonchev–Trinajstić information content (AvgIpc) is 2.48. The minimum atomic E-state index is 0.680. The standard InChI is InChI=1S/C17H18N2/c1-2-3-4-5-15-8-11-17(19-13-15)16-9-6-14(12-18)7-10-16/h6-11,13H,2-5H2,1H3. The lowest BCUT2D eigenvalue weighted by Crippen LogP contribution is -1.89. The van der Waals surface area contributed by atoms with E-state index < -0.39 is 0 Å².